The predicted octanol–water partition coefficient (Wildman–Crippen LogP) is 3.15. The summed E-state index contributed by atoms with van der Waals surface area (Å²) < 4.78 is 11.6. The van der Waals surface area contributed by atoms with Crippen LogP contribution in [0.4, 0.5) is 0 Å². The van der Waals surface area contributed by atoms with Crippen LogP contribution >= 0.6 is 0 Å². The number of hydrogen-bond donors (Lipinski definition) is 1. The lowest BCUT2D eigenvalue weighted by Gasteiger charge is -2.45. The molecule has 170 valence electrons. The fourth-order valence-electron chi connectivity index (χ4n) is 4.63. The number of ether oxygens (including phenoxy) is 2. The van der Waals surface area contributed by atoms with Crippen LogP contribution in [0, 0.1) is 45.3 Å². The van der Waals surface area contributed by atoms with Crippen LogP contribution in [-0.2, 0) is 4.79 Å². The number of rotatable bonds is 6. The van der Waals surface area contributed by atoms with E-state index in [0.29, 0.717) is 42.4 Å². The Hall–Kier alpha value is -3.96. The van der Waals surface area contributed by atoms with Gasteiger partial charge in [-0.1, -0.05) is 19.1 Å². The average Bonchev–Trinajstić information content (AvgIpc) is 2.82. The molecular formula is C25H27N5O3. The van der Waals surface area contributed by atoms with E-state index in [-0.39, 0.29) is 23.7 Å². The number of allylic oxidation sites excluding steroid dienone is 2. The molecule has 1 heterocycles. The summed E-state index contributed by atoms with van der Waals surface area (Å²) in [6.07, 6.45) is 2.63. The second-order valence-electron chi connectivity index (χ2n) is 8.09. The Balaban J connectivity index is 2.25. The molecule has 1 amide bonds. The highest BCUT2D eigenvalue weighted by atomic mass is 16.5. The van der Waals surface area contributed by atoms with Gasteiger partial charge in [0, 0.05) is 31.8 Å². The summed E-state index contributed by atoms with van der Waals surface area (Å²) in [5.74, 6) is -0.212. The first-order chi connectivity index (χ1) is 15.9. The Bertz CT molecular complexity index is 1120. The first-order valence-corrected chi connectivity index (χ1v) is 11.0. The second-order valence-corrected chi connectivity index (χ2v) is 8.09. The molecule has 1 aromatic carbocycles. The number of nitriles is 3. The molecule has 0 unspecified atom stereocenters. The number of benzene rings is 1. The van der Waals surface area contributed by atoms with Crippen LogP contribution < -0.4 is 15.2 Å². The summed E-state index contributed by atoms with van der Waals surface area (Å²) in [5.41, 5.74) is 5.99. The van der Waals surface area contributed by atoms with Crippen molar-refractivity contribution in [2.45, 2.75) is 33.1 Å². The highest BCUT2D eigenvalue weighted by Crippen LogP contribution is 2.54. The molecule has 0 saturated carbocycles. The number of carbonyl (C=O) groups is 1. The van der Waals surface area contributed by atoms with Gasteiger partial charge in [-0.2, -0.15) is 15.8 Å². The molecule has 0 aromatic heterocycles. The number of nitrogens with two attached hydrogens (primary N) is 1. The minimum atomic E-state index is -1.78. The van der Waals surface area contributed by atoms with Gasteiger partial charge in [-0.3, -0.25) is 4.79 Å². The van der Waals surface area contributed by atoms with Gasteiger partial charge in [0.25, 0.3) is 0 Å². The molecule has 0 saturated heterocycles. The Morgan fingerprint density at radius 1 is 1.21 bits per heavy atom. The van der Waals surface area contributed by atoms with Crippen molar-refractivity contribution in [3.05, 3.63) is 46.7 Å². The van der Waals surface area contributed by atoms with Crippen molar-refractivity contribution in [1.29, 1.82) is 15.8 Å². The van der Waals surface area contributed by atoms with Crippen LogP contribution in [0.15, 0.2) is 41.1 Å². The van der Waals surface area contributed by atoms with Crippen LogP contribution in [-0.4, -0.2) is 37.1 Å². The van der Waals surface area contributed by atoms with Gasteiger partial charge in [0.1, 0.15) is 6.07 Å². The fourth-order valence-corrected chi connectivity index (χ4v) is 4.63. The SMILES string of the molecule is CCCOc1ccc([C@@H]2[C@@H]3CN(C(C)=O)CC=C3C(C#N)=C(N)C2(C#N)C#N)cc1OCC. The maximum absolute atomic E-state index is 12.1. The molecule has 2 N–H and O–H groups in total. The maximum Gasteiger partial charge on any atom is 0.219 e. The molecule has 33 heavy (non-hydrogen) atoms. The summed E-state index contributed by atoms with van der Waals surface area (Å²) in [6, 6.07) is 11.7. The Kier molecular flexibility index (Phi) is 6.95. The van der Waals surface area contributed by atoms with Crippen molar-refractivity contribution in [2.24, 2.45) is 17.1 Å². The van der Waals surface area contributed by atoms with E-state index in [0.717, 1.165) is 6.42 Å². The van der Waals surface area contributed by atoms with Crippen LogP contribution in [0.2, 0.25) is 0 Å². The van der Waals surface area contributed by atoms with Gasteiger partial charge in [0.15, 0.2) is 16.9 Å². The first-order valence-electron chi connectivity index (χ1n) is 11.0. The van der Waals surface area contributed by atoms with Crippen molar-refractivity contribution in [3.8, 4) is 29.7 Å². The number of amides is 1. The highest BCUT2D eigenvalue weighted by Gasteiger charge is 2.54. The van der Waals surface area contributed by atoms with E-state index in [1.165, 1.54) is 6.92 Å². The van der Waals surface area contributed by atoms with E-state index >= 15 is 0 Å². The largest absolute Gasteiger partial charge is 0.490 e. The van der Waals surface area contributed by atoms with E-state index in [4.69, 9.17) is 15.2 Å². The van der Waals surface area contributed by atoms with Crippen molar-refractivity contribution >= 4 is 5.91 Å². The summed E-state index contributed by atoms with van der Waals surface area (Å²) >= 11 is 0. The quantitative estimate of drug-likeness (QED) is 0.710. The second kappa shape index (κ2) is 9.67. The van der Waals surface area contributed by atoms with Crippen LogP contribution in [0.25, 0.3) is 0 Å². The number of nitrogens with zero attached hydrogens (tertiary/aromatic N) is 4. The van der Waals surface area contributed by atoms with Gasteiger partial charge >= 0.3 is 0 Å². The molecule has 2 atom stereocenters. The molecule has 2 aliphatic rings. The van der Waals surface area contributed by atoms with Crippen LogP contribution in [0.5, 0.6) is 11.5 Å². The zero-order valence-electron chi connectivity index (χ0n) is 19.1. The van der Waals surface area contributed by atoms with Crippen molar-refractivity contribution < 1.29 is 14.3 Å². The third-order valence-electron chi connectivity index (χ3n) is 6.20. The molecule has 0 radical (unpaired) electrons. The molecule has 0 bridgehead atoms. The van der Waals surface area contributed by atoms with Gasteiger partial charge in [-0.15, -0.1) is 0 Å². The van der Waals surface area contributed by atoms with Crippen molar-refractivity contribution in [3.63, 3.8) is 0 Å². The third kappa shape index (κ3) is 3.99. The van der Waals surface area contributed by atoms with Gasteiger partial charge in [-0.25, -0.2) is 0 Å². The summed E-state index contributed by atoms with van der Waals surface area (Å²) in [6.45, 7) is 6.88. The summed E-state index contributed by atoms with van der Waals surface area (Å²) in [7, 11) is 0. The molecule has 0 fully saturated rings. The fraction of sp³-hybridized carbons (Fsp3) is 0.440. The monoisotopic (exact) mass is 445 g/mol. The number of fused-ring (bicyclic) bond motifs is 1. The van der Waals surface area contributed by atoms with Gasteiger partial charge in [0.05, 0.1) is 36.6 Å². The molecule has 8 nitrogen and oxygen atoms in total. The summed E-state index contributed by atoms with van der Waals surface area (Å²) in [4.78, 5) is 13.8. The van der Waals surface area contributed by atoms with Crippen LogP contribution in [0.3, 0.4) is 0 Å². The third-order valence-corrected chi connectivity index (χ3v) is 6.20. The van der Waals surface area contributed by atoms with Crippen molar-refractivity contribution in [1.82, 2.24) is 4.90 Å². The molecule has 1 aromatic rings. The minimum absolute atomic E-state index is 0.0527. The normalized spacial score (nSPS) is 21.1. The van der Waals surface area contributed by atoms with E-state index in [9.17, 15) is 20.6 Å². The smallest absolute Gasteiger partial charge is 0.219 e. The lowest BCUT2D eigenvalue weighted by molar-refractivity contribution is -0.129. The Morgan fingerprint density at radius 2 is 1.94 bits per heavy atom. The van der Waals surface area contributed by atoms with Gasteiger partial charge in [0.2, 0.25) is 5.91 Å². The zero-order chi connectivity index (χ0) is 24.2. The maximum atomic E-state index is 12.1. The molecule has 1 aliphatic carbocycles. The van der Waals surface area contributed by atoms with Crippen molar-refractivity contribution in [2.75, 3.05) is 26.3 Å². The van der Waals surface area contributed by atoms with E-state index in [1.807, 2.05) is 13.8 Å². The van der Waals surface area contributed by atoms with E-state index in [1.54, 1.807) is 29.2 Å². The van der Waals surface area contributed by atoms with Crippen LogP contribution in [0.1, 0.15) is 38.7 Å². The highest BCUT2D eigenvalue weighted by molar-refractivity contribution is 5.74. The lowest BCUT2D eigenvalue weighted by Crippen LogP contribution is -2.48. The molecule has 3 rings (SSSR count). The first kappa shape index (κ1) is 23.7. The standard InChI is InChI=1S/C25H27N5O3/c1-4-10-33-21-7-6-17(11-22(21)32-5-2)23-20-13-30(16(3)31)9-8-18(20)19(12-26)24(29)25(23,14-27)15-28/h6-8,11,20,23H,4-5,9-10,13,29H2,1-3H3/t20-,23-/m1/s1. The Morgan fingerprint density at radius 3 is 2.52 bits per heavy atom. The summed E-state index contributed by atoms with van der Waals surface area (Å²) in [5, 5.41) is 30.3. The van der Waals surface area contributed by atoms with Gasteiger partial charge < -0.3 is 20.1 Å². The topological polar surface area (TPSA) is 136 Å². The average molecular weight is 446 g/mol. The number of hydrogen-bond acceptors (Lipinski definition) is 7. The molecule has 8 heteroatoms. The van der Waals surface area contributed by atoms with E-state index in [2.05, 4.69) is 18.2 Å². The van der Waals surface area contributed by atoms with E-state index < -0.39 is 17.3 Å². The molecule has 0 spiro atoms. The van der Waals surface area contributed by atoms with Gasteiger partial charge in [-0.05, 0) is 36.6 Å². The molecule has 1 aliphatic heterocycles. The predicted molar refractivity (Wildman–Crippen MR) is 120 cm³/mol. The Labute approximate surface area is 194 Å². The lowest BCUT2D eigenvalue weighted by atomic mass is 9.58. The molecular weight excluding hydrogens is 418 g/mol. The number of carbonyl (C=O) groups excluding carboxylic acids is 1. The minimum Gasteiger partial charge on any atom is -0.490 e. The zero-order valence-corrected chi connectivity index (χ0v) is 19.1.